The zero-order valence-electron chi connectivity index (χ0n) is 10.8. The molecule has 0 saturated carbocycles. The Hall–Kier alpha value is -1.96. The Morgan fingerprint density at radius 1 is 0.722 bits per heavy atom. The van der Waals surface area contributed by atoms with Crippen LogP contribution in [0.25, 0.3) is 0 Å². The molecular weight excluding hydrogens is 224 g/mol. The second-order valence-corrected chi connectivity index (χ2v) is 4.33. The Morgan fingerprint density at radius 2 is 1.39 bits per heavy atom. The maximum absolute atomic E-state index is 5.61. The molecule has 0 heterocycles. The van der Waals surface area contributed by atoms with E-state index >= 15 is 0 Å². The normalized spacial score (nSPS) is 10.1. The van der Waals surface area contributed by atoms with Crippen molar-refractivity contribution in [3.63, 3.8) is 0 Å². The first-order valence-electron chi connectivity index (χ1n) is 6.13. The van der Waals surface area contributed by atoms with Crippen LogP contribution >= 0.6 is 0 Å². The summed E-state index contributed by atoms with van der Waals surface area (Å²) in [7, 11) is 0. The van der Waals surface area contributed by atoms with E-state index in [-0.39, 0.29) is 0 Å². The highest BCUT2D eigenvalue weighted by atomic mass is 16.5. The van der Waals surface area contributed by atoms with Gasteiger partial charge in [-0.2, -0.15) is 0 Å². The predicted molar refractivity (Wildman–Crippen MR) is 73.3 cm³/mol. The third-order valence-electron chi connectivity index (χ3n) is 2.63. The number of rotatable bonds is 5. The van der Waals surface area contributed by atoms with Crippen LogP contribution in [0.1, 0.15) is 11.1 Å². The first-order chi connectivity index (χ1) is 8.74. The molecule has 2 rings (SSSR count). The van der Waals surface area contributed by atoms with E-state index in [1.807, 2.05) is 42.5 Å². The number of benzene rings is 2. The third kappa shape index (κ3) is 3.81. The summed E-state index contributed by atoms with van der Waals surface area (Å²) in [4.78, 5) is 0. The molecule has 0 unspecified atom stereocenters. The van der Waals surface area contributed by atoms with Crippen molar-refractivity contribution < 1.29 is 9.47 Å². The second-order valence-electron chi connectivity index (χ2n) is 4.33. The zero-order valence-corrected chi connectivity index (χ0v) is 10.8. The van der Waals surface area contributed by atoms with Gasteiger partial charge in [-0.1, -0.05) is 29.8 Å². The average Bonchev–Trinajstić information content (AvgIpc) is 2.37. The first kappa shape index (κ1) is 12.5. The van der Waals surface area contributed by atoms with Gasteiger partial charge in [-0.25, -0.2) is 0 Å². The smallest absolute Gasteiger partial charge is 0.122 e. The minimum Gasteiger partial charge on any atom is -0.490 e. The molecule has 94 valence electrons. The molecule has 0 N–H and O–H groups in total. The summed E-state index contributed by atoms with van der Waals surface area (Å²) in [5.41, 5.74) is 2.44. The van der Waals surface area contributed by atoms with Crippen LogP contribution in [0.5, 0.6) is 11.5 Å². The molecule has 0 bridgehead atoms. The highest BCUT2D eigenvalue weighted by molar-refractivity contribution is 5.27. The van der Waals surface area contributed by atoms with Gasteiger partial charge in [-0.15, -0.1) is 0 Å². The Morgan fingerprint density at radius 3 is 2.06 bits per heavy atom. The van der Waals surface area contributed by atoms with Crippen LogP contribution in [-0.4, -0.2) is 13.2 Å². The van der Waals surface area contributed by atoms with Gasteiger partial charge in [0.1, 0.15) is 24.7 Å². The molecule has 0 atom stereocenters. The highest BCUT2D eigenvalue weighted by Gasteiger charge is 1.96. The van der Waals surface area contributed by atoms with Crippen molar-refractivity contribution >= 4 is 0 Å². The molecule has 0 saturated heterocycles. The molecule has 2 aromatic rings. The van der Waals surface area contributed by atoms with E-state index in [0.717, 1.165) is 11.5 Å². The van der Waals surface area contributed by atoms with Gasteiger partial charge in [0.05, 0.1) is 0 Å². The van der Waals surface area contributed by atoms with E-state index in [9.17, 15) is 0 Å². The fourth-order valence-electron chi connectivity index (χ4n) is 1.66. The summed E-state index contributed by atoms with van der Waals surface area (Å²) in [5, 5.41) is 0. The molecule has 18 heavy (non-hydrogen) atoms. The molecule has 0 aliphatic carbocycles. The quantitative estimate of drug-likeness (QED) is 0.743. The average molecular weight is 242 g/mol. The van der Waals surface area contributed by atoms with Crippen molar-refractivity contribution in [3.8, 4) is 11.5 Å². The molecule has 0 spiro atoms. The molecule has 0 aromatic heterocycles. The zero-order chi connectivity index (χ0) is 12.8. The van der Waals surface area contributed by atoms with Crippen molar-refractivity contribution in [2.75, 3.05) is 13.2 Å². The lowest BCUT2D eigenvalue weighted by Gasteiger charge is -2.08. The number of hydrogen-bond donors (Lipinski definition) is 0. The van der Waals surface area contributed by atoms with E-state index in [1.54, 1.807) is 0 Å². The van der Waals surface area contributed by atoms with E-state index in [1.165, 1.54) is 11.1 Å². The predicted octanol–water partition coefficient (Wildman–Crippen LogP) is 3.76. The lowest BCUT2D eigenvalue weighted by molar-refractivity contribution is 0.217. The summed E-state index contributed by atoms with van der Waals surface area (Å²) in [6, 6.07) is 16.0. The Balaban J connectivity index is 1.74. The molecule has 0 amide bonds. The van der Waals surface area contributed by atoms with E-state index in [0.29, 0.717) is 13.2 Å². The number of hydrogen-bond acceptors (Lipinski definition) is 2. The van der Waals surface area contributed by atoms with Crippen molar-refractivity contribution in [2.24, 2.45) is 0 Å². The Kier molecular flexibility index (Phi) is 4.24. The standard InChI is InChI=1S/C16H18O2/c1-13-6-8-15(9-7-13)17-10-11-18-16-5-3-4-14(2)12-16/h3-9,12H,10-11H2,1-2H3. The highest BCUT2D eigenvalue weighted by Crippen LogP contribution is 2.13. The van der Waals surface area contributed by atoms with E-state index < -0.39 is 0 Å². The molecular formula is C16H18O2. The van der Waals surface area contributed by atoms with Gasteiger partial charge < -0.3 is 9.47 Å². The van der Waals surface area contributed by atoms with Crippen LogP contribution in [0.2, 0.25) is 0 Å². The summed E-state index contributed by atoms with van der Waals surface area (Å²) in [6.07, 6.45) is 0. The summed E-state index contributed by atoms with van der Waals surface area (Å²) in [5.74, 6) is 1.77. The van der Waals surface area contributed by atoms with Crippen LogP contribution in [0.4, 0.5) is 0 Å². The summed E-state index contributed by atoms with van der Waals surface area (Å²) >= 11 is 0. The van der Waals surface area contributed by atoms with E-state index in [4.69, 9.17) is 9.47 Å². The second kappa shape index (κ2) is 6.10. The third-order valence-corrected chi connectivity index (χ3v) is 2.63. The molecule has 2 heteroatoms. The van der Waals surface area contributed by atoms with Crippen LogP contribution in [-0.2, 0) is 0 Å². The Labute approximate surface area is 108 Å². The minimum atomic E-state index is 0.553. The fraction of sp³-hybridized carbons (Fsp3) is 0.250. The van der Waals surface area contributed by atoms with Crippen LogP contribution in [0.3, 0.4) is 0 Å². The lowest BCUT2D eigenvalue weighted by Crippen LogP contribution is -2.08. The lowest BCUT2D eigenvalue weighted by atomic mass is 10.2. The van der Waals surface area contributed by atoms with Gasteiger partial charge in [0.25, 0.3) is 0 Å². The van der Waals surface area contributed by atoms with Gasteiger partial charge in [0, 0.05) is 0 Å². The monoisotopic (exact) mass is 242 g/mol. The van der Waals surface area contributed by atoms with E-state index in [2.05, 4.69) is 19.9 Å². The van der Waals surface area contributed by atoms with Gasteiger partial charge in [-0.3, -0.25) is 0 Å². The molecule has 0 aliphatic heterocycles. The number of ether oxygens (including phenoxy) is 2. The van der Waals surface area contributed by atoms with Crippen molar-refractivity contribution in [1.29, 1.82) is 0 Å². The topological polar surface area (TPSA) is 18.5 Å². The van der Waals surface area contributed by atoms with Crippen LogP contribution in [0.15, 0.2) is 48.5 Å². The van der Waals surface area contributed by atoms with Crippen molar-refractivity contribution in [1.82, 2.24) is 0 Å². The largest absolute Gasteiger partial charge is 0.490 e. The SMILES string of the molecule is Cc1ccc(OCCOc2cccc(C)c2)cc1. The maximum Gasteiger partial charge on any atom is 0.122 e. The van der Waals surface area contributed by atoms with Crippen LogP contribution < -0.4 is 9.47 Å². The first-order valence-corrected chi connectivity index (χ1v) is 6.13. The number of aryl methyl sites for hydroxylation is 2. The van der Waals surface area contributed by atoms with Gasteiger partial charge >= 0.3 is 0 Å². The molecule has 0 radical (unpaired) electrons. The molecule has 2 aromatic carbocycles. The molecule has 0 aliphatic rings. The van der Waals surface area contributed by atoms with Gasteiger partial charge in [-0.05, 0) is 43.7 Å². The molecule has 0 fully saturated rings. The minimum absolute atomic E-state index is 0.553. The van der Waals surface area contributed by atoms with Crippen molar-refractivity contribution in [2.45, 2.75) is 13.8 Å². The van der Waals surface area contributed by atoms with Crippen LogP contribution in [0, 0.1) is 13.8 Å². The Bertz CT molecular complexity index is 489. The van der Waals surface area contributed by atoms with Gasteiger partial charge in [0.2, 0.25) is 0 Å². The van der Waals surface area contributed by atoms with Gasteiger partial charge in [0.15, 0.2) is 0 Å². The van der Waals surface area contributed by atoms with Crippen molar-refractivity contribution in [3.05, 3.63) is 59.7 Å². The summed E-state index contributed by atoms with van der Waals surface area (Å²) < 4.78 is 11.2. The maximum atomic E-state index is 5.61. The summed E-state index contributed by atoms with van der Waals surface area (Å²) in [6.45, 7) is 5.22. The molecule has 2 nitrogen and oxygen atoms in total. The fourth-order valence-corrected chi connectivity index (χ4v) is 1.66.